The predicted molar refractivity (Wildman–Crippen MR) is 313 cm³/mol. The van der Waals surface area contributed by atoms with Gasteiger partial charge in [0, 0.05) is 150 Å². The smallest absolute Gasteiger partial charge is 0.127 e. The van der Waals surface area contributed by atoms with Gasteiger partial charge in [0.05, 0.1) is 6.61 Å². The molecule has 0 radical (unpaired) electrons. The first-order chi connectivity index (χ1) is 13.7. The van der Waals surface area contributed by atoms with Crippen LogP contribution in [0.2, 0.25) is 0 Å². The number of aryl methyl sites for hydroxylation is 3. The normalized spacial score (nSPS) is 13.8. The van der Waals surface area contributed by atoms with E-state index in [1.54, 1.807) is 0 Å². The SMILES string of the molecule is Cc1cc2cccc(OCC[C@@](C)(c3ccccc3C)N(C)C(C)C)c2cc1C.[HH].[HH].[HH].[HH].[HH].[HH].[HH].[HH].[HH].[HH].[HH].[HH].[HH].[HH].[HH].[HH].[HH].[HH].[HH].[HH].[HH].[HH].[HH].[HH].[HH].[HH].[HH].[HH].[HH].[HH].[HH].[HH].[HH].[HH].[HH].[HH].[HH].[HH].[HH].[HH].[HH].[HH].[HH].[HH].[HH].[HH].[HH].[HH].[HH].[HH].[HH].[HH].[HH].[HH].[HH].[HH].[HH].[HH].[HH].[HH].[HH].[HH].[HH].[HH].[HH].[HH].[HH].[HH].[HH].[HH].[HH].[HH].[HH].[HH].[HH].[HH].[HH].[HH].[HH].[HH].[HH].[HH].[HH].[HH].[HH].[HH].[HH].[HH].[HH]. The van der Waals surface area contributed by atoms with Gasteiger partial charge in [-0.15, -0.1) is 0 Å². The predicted octanol–water partition coefficient (Wildman–Crippen LogP) is 28.7. The van der Waals surface area contributed by atoms with E-state index in [2.05, 4.69) is 108 Å². The Labute approximate surface area is 308 Å². The van der Waals surface area contributed by atoms with Gasteiger partial charge in [-0.1, -0.05) is 42.5 Å². The zero-order chi connectivity index (χ0) is 21.2. The first-order valence-corrected chi connectivity index (χ1v) is 10.7. The van der Waals surface area contributed by atoms with Gasteiger partial charge in [-0.3, -0.25) is 4.90 Å². The van der Waals surface area contributed by atoms with Crippen molar-refractivity contribution in [2.75, 3.05) is 13.7 Å². The highest BCUT2D eigenvalue weighted by molar-refractivity contribution is 5.89. The van der Waals surface area contributed by atoms with E-state index >= 15 is 0 Å². The lowest BCUT2D eigenvalue weighted by Gasteiger charge is -2.43. The molecule has 0 amide bonds. The summed E-state index contributed by atoms with van der Waals surface area (Å²) in [4.78, 5) is 2.47. The minimum Gasteiger partial charge on any atom is -0.493 e. The second kappa shape index (κ2) is 8.59. The van der Waals surface area contributed by atoms with Gasteiger partial charge < -0.3 is 4.74 Å². The average Bonchev–Trinajstić information content (AvgIpc) is 2.68. The van der Waals surface area contributed by atoms with Gasteiger partial charge in [0.15, 0.2) is 0 Å². The third-order valence-electron chi connectivity index (χ3n) is 6.58. The molecule has 0 saturated carbocycles. The fourth-order valence-electron chi connectivity index (χ4n) is 4.25. The first-order valence-electron chi connectivity index (χ1n) is 10.7. The number of hydrogen-bond acceptors (Lipinski definition) is 2. The fraction of sp³-hybridized carbons (Fsp3) is 0.407. The topological polar surface area (TPSA) is 12.5 Å². The van der Waals surface area contributed by atoms with Crippen molar-refractivity contribution in [1.82, 2.24) is 4.90 Å². The molecule has 3 aromatic carbocycles. The minimum absolute atomic E-state index is 0. The standard InChI is InChI=1S/C27H35NO.89H2/c1-19(2)28(7)27(6,25-13-9-8-11-20(25)3)15-16-29-26-14-10-12-23-17-21(4)22(5)18-24(23)26;;;;;;;;;;;;;;;;;;;;;;;;;;;;;;;;;;;;;;;;;;;;;;;;;;;;;;;;;;;;;;;;;;;;;;;;;;;;;;;;;;;;;;;;;/h8-14,17-19H,15-16H2,1-7H3;89*1H/t27-;;;;;;;;;;;;;;;;;;;;;;;;;;;;;;;;;;;;;;;;;;;;;;;;;;;;;;;;;;;;;;;;;;;;;;;;;;;;;;;;;;;;;;;;;/m0........................................................................................./s1. The van der Waals surface area contributed by atoms with Gasteiger partial charge in [-0.25, -0.2) is 0 Å². The van der Waals surface area contributed by atoms with E-state index < -0.39 is 0 Å². The number of rotatable bonds is 7. The van der Waals surface area contributed by atoms with Crippen molar-refractivity contribution in [2.24, 2.45) is 0 Å². The summed E-state index contributed by atoms with van der Waals surface area (Å²) in [5.74, 6) is 0.977. The lowest BCUT2D eigenvalue weighted by molar-refractivity contribution is 0.0749. The van der Waals surface area contributed by atoms with Gasteiger partial charge in [0.1, 0.15) is 5.75 Å². The minimum atomic E-state index is -0.0867. The van der Waals surface area contributed by atoms with Crippen molar-refractivity contribution < 1.29 is 132 Å². The molecule has 2 nitrogen and oxygen atoms in total. The maximum atomic E-state index is 6.37. The molecule has 0 fully saturated rings. The Morgan fingerprint density at radius 1 is 0.931 bits per heavy atom. The lowest BCUT2D eigenvalue weighted by atomic mass is 9.83. The van der Waals surface area contributed by atoms with E-state index in [0.29, 0.717) is 12.6 Å². The number of ether oxygens (including phenoxy) is 1. The van der Waals surface area contributed by atoms with Crippen LogP contribution < -0.4 is 4.74 Å². The highest BCUT2D eigenvalue weighted by atomic mass is 16.5. The molecule has 3 rings (SSSR count). The molecule has 0 spiro atoms. The third kappa shape index (κ3) is 4.33. The molecule has 0 aliphatic heterocycles. The molecule has 332 valence electrons. The zero-order valence-electron chi connectivity index (χ0n) is 19.0. The monoisotopic (exact) mass is 569 g/mol. The molecule has 0 bridgehead atoms. The quantitative estimate of drug-likeness (QED) is 0.281. The van der Waals surface area contributed by atoms with Gasteiger partial charge in [-0.05, 0) is 88.4 Å². The van der Waals surface area contributed by atoms with E-state index in [0.717, 1.165) is 12.2 Å². The Kier molecular flexibility index (Phi) is 6.33. The van der Waals surface area contributed by atoms with Gasteiger partial charge in [0.25, 0.3) is 0 Å². The van der Waals surface area contributed by atoms with Crippen LogP contribution >= 0.6 is 0 Å². The van der Waals surface area contributed by atoms with Crippen LogP contribution in [0.3, 0.4) is 0 Å². The van der Waals surface area contributed by atoms with Crippen molar-refractivity contribution in [2.45, 2.75) is 59.5 Å². The van der Waals surface area contributed by atoms with Crippen LogP contribution in [0.1, 0.15) is 176 Å². The van der Waals surface area contributed by atoms with Crippen LogP contribution in [0.4, 0.5) is 0 Å². The Bertz CT molecular complexity index is 1090. The lowest BCUT2D eigenvalue weighted by Crippen LogP contribution is -2.46. The number of benzene rings is 3. The van der Waals surface area contributed by atoms with E-state index in [-0.39, 0.29) is 133 Å². The largest absolute Gasteiger partial charge is 0.493 e. The van der Waals surface area contributed by atoms with Crippen LogP contribution in [-0.4, -0.2) is 24.6 Å². The van der Waals surface area contributed by atoms with E-state index in [9.17, 15) is 0 Å². The second-order valence-electron chi connectivity index (χ2n) is 8.81. The molecule has 0 N–H and O–H groups in total. The molecule has 0 aliphatic rings. The summed E-state index contributed by atoms with van der Waals surface area (Å²) in [5, 5.41) is 2.44. The summed E-state index contributed by atoms with van der Waals surface area (Å²) in [5.41, 5.74) is 5.25. The summed E-state index contributed by atoms with van der Waals surface area (Å²) < 4.78 is 6.37. The molecular weight excluding hydrogens is 354 g/mol. The van der Waals surface area contributed by atoms with Gasteiger partial charge >= 0.3 is 0 Å². The Morgan fingerprint density at radius 2 is 1.62 bits per heavy atom. The maximum absolute atomic E-state index is 6.37. The average molecular weight is 569 g/mol. The summed E-state index contributed by atoms with van der Waals surface area (Å²) >= 11 is 0. The summed E-state index contributed by atoms with van der Waals surface area (Å²) in [6.45, 7) is 14.1. The van der Waals surface area contributed by atoms with Crippen LogP contribution in [0.5, 0.6) is 5.75 Å². The molecule has 0 saturated heterocycles. The van der Waals surface area contributed by atoms with Crippen LogP contribution in [0.15, 0.2) is 54.6 Å². The molecule has 1 atom stereocenters. The molecule has 0 heterocycles. The van der Waals surface area contributed by atoms with E-state index in [1.165, 1.54) is 33.0 Å². The molecular formula is C27H213NO. The second-order valence-corrected chi connectivity index (χ2v) is 8.81. The molecule has 0 unspecified atom stereocenters. The van der Waals surface area contributed by atoms with Crippen molar-refractivity contribution in [1.29, 1.82) is 0 Å². The molecule has 0 aromatic heterocycles. The van der Waals surface area contributed by atoms with Crippen molar-refractivity contribution in [3.05, 3.63) is 76.9 Å². The summed E-state index contributed by atoms with van der Waals surface area (Å²) in [7, 11) is 2.22. The van der Waals surface area contributed by atoms with Crippen LogP contribution in [0, 0.1) is 20.8 Å². The van der Waals surface area contributed by atoms with Gasteiger partial charge in [0.2, 0.25) is 0 Å². The highest BCUT2D eigenvalue weighted by Crippen LogP contribution is 2.35. The number of hydrogen-bond donors (Lipinski definition) is 0. The van der Waals surface area contributed by atoms with Crippen molar-refractivity contribution in [3.63, 3.8) is 0 Å². The van der Waals surface area contributed by atoms with Crippen LogP contribution in [-0.2, 0) is 5.54 Å². The first kappa shape index (κ1) is 21.4. The van der Waals surface area contributed by atoms with E-state index in [4.69, 9.17) is 4.74 Å². The van der Waals surface area contributed by atoms with Crippen molar-refractivity contribution >= 4 is 10.8 Å². The summed E-state index contributed by atoms with van der Waals surface area (Å²) in [6.07, 6.45) is 0.924. The number of nitrogens with zero attached hydrogens (tertiary/aromatic N) is 1. The Hall–Kier alpha value is -2.32. The van der Waals surface area contributed by atoms with Crippen LogP contribution in [0.25, 0.3) is 10.8 Å². The fourth-order valence-corrected chi connectivity index (χ4v) is 4.25. The maximum Gasteiger partial charge on any atom is 0.127 e. The third-order valence-corrected chi connectivity index (χ3v) is 6.58. The van der Waals surface area contributed by atoms with Crippen molar-refractivity contribution in [3.8, 4) is 5.75 Å². The zero-order valence-corrected chi connectivity index (χ0v) is 19.0. The Balaban J connectivity index is -0.00000000127. The molecule has 3 aromatic rings. The van der Waals surface area contributed by atoms with Gasteiger partial charge in [-0.2, -0.15) is 0 Å². The Morgan fingerprint density at radius 3 is 2.31 bits per heavy atom. The molecule has 0 aliphatic carbocycles. The number of fused-ring (bicyclic) bond motifs is 1. The summed E-state index contributed by atoms with van der Waals surface area (Å²) in [6, 6.07) is 20.0. The molecule has 2 heteroatoms. The highest BCUT2D eigenvalue weighted by Gasteiger charge is 2.33. The molecule has 29 heavy (non-hydrogen) atoms. The van der Waals surface area contributed by atoms with E-state index in [1.807, 2.05) is 0 Å².